The van der Waals surface area contributed by atoms with Crippen LogP contribution in [0.2, 0.25) is 0 Å². The average Bonchev–Trinajstić information content (AvgIpc) is 3.44. The van der Waals surface area contributed by atoms with Gasteiger partial charge in [0.25, 0.3) is 5.91 Å². The molecule has 3 heterocycles. The third-order valence-corrected chi connectivity index (χ3v) is 7.40. The predicted molar refractivity (Wildman–Crippen MR) is 137 cm³/mol. The van der Waals surface area contributed by atoms with Gasteiger partial charge in [0.05, 0.1) is 28.6 Å². The van der Waals surface area contributed by atoms with Crippen LogP contribution < -0.4 is 19.6 Å². The highest BCUT2D eigenvalue weighted by molar-refractivity contribution is 9.10. The molecule has 0 aliphatic carbocycles. The van der Waals surface area contributed by atoms with Crippen molar-refractivity contribution >= 4 is 48.7 Å². The summed E-state index contributed by atoms with van der Waals surface area (Å²) in [5.74, 6) is 0.916. The van der Waals surface area contributed by atoms with E-state index in [0.717, 1.165) is 10.0 Å². The number of phenols is 1. The summed E-state index contributed by atoms with van der Waals surface area (Å²) >= 11 is 6.76. The van der Waals surface area contributed by atoms with Crippen LogP contribution in [-0.4, -0.2) is 29.8 Å². The van der Waals surface area contributed by atoms with Crippen molar-refractivity contribution < 1.29 is 28.5 Å². The topological polar surface area (TPSA) is 98.4 Å². The van der Waals surface area contributed by atoms with Crippen LogP contribution >= 0.6 is 31.9 Å². The zero-order chi connectivity index (χ0) is 25.1. The van der Waals surface area contributed by atoms with Crippen LogP contribution in [0.4, 0.5) is 0 Å². The van der Waals surface area contributed by atoms with Crippen molar-refractivity contribution in [2.45, 2.75) is 12.6 Å². The summed E-state index contributed by atoms with van der Waals surface area (Å²) in [6, 6.07) is 13.0. The fraction of sp³-hybridized carbons (Fsp3) is 0.154. The van der Waals surface area contributed by atoms with Crippen molar-refractivity contribution in [3.63, 3.8) is 0 Å². The minimum absolute atomic E-state index is 0.0104. The molecule has 36 heavy (non-hydrogen) atoms. The number of benzene rings is 3. The zero-order valence-electron chi connectivity index (χ0n) is 18.7. The summed E-state index contributed by atoms with van der Waals surface area (Å²) in [5, 5.41) is 10.7. The predicted octanol–water partition coefficient (Wildman–Crippen LogP) is 5.51. The number of hydrogen-bond donors (Lipinski definition) is 1. The molecule has 0 bridgehead atoms. The lowest BCUT2D eigenvalue weighted by Crippen LogP contribution is -2.29. The number of hydrogen-bond acceptors (Lipinski definition) is 7. The number of nitrogens with zero attached hydrogens (tertiary/aromatic N) is 1. The highest BCUT2D eigenvalue weighted by Crippen LogP contribution is 2.44. The lowest BCUT2D eigenvalue weighted by molar-refractivity contribution is 0.0714. The van der Waals surface area contributed by atoms with Crippen LogP contribution in [0.5, 0.6) is 23.0 Å². The van der Waals surface area contributed by atoms with Gasteiger partial charge in [-0.25, -0.2) is 0 Å². The van der Waals surface area contributed by atoms with E-state index in [9.17, 15) is 14.7 Å². The molecule has 4 aromatic rings. The van der Waals surface area contributed by atoms with E-state index in [1.807, 2.05) is 12.1 Å². The summed E-state index contributed by atoms with van der Waals surface area (Å²) in [6.07, 6.45) is 0. The van der Waals surface area contributed by atoms with Gasteiger partial charge in [-0.15, -0.1) is 0 Å². The Kier molecular flexibility index (Phi) is 5.45. The summed E-state index contributed by atoms with van der Waals surface area (Å²) in [5.41, 5.74) is 1.61. The smallest absolute Gasteiger partial charge is 0.291 e. The van der Waals surface area contributed by atoms with Crippen molar-refractivity contribution in [1.82, 2.24) is 4.90 Å². The first kappa shape index (κ1) is 22.9. The number of aromatic hydroxyl groups is 1. The molecule has 8 nitrogen and oxygen atoms in total. The van der Waals surface area contributed by atoms with Crippen LogP contribution in [0.25, 0.3) is 11.0 Å². The van der Waals surface area contributed by atoms with Gasteiger partial charge in [-0.3, -0.25) is 9.59 Å². The van der Waals surface area contributed by atoms with Gasteiger partial charge in [0.2, 0.25) is 12.6 Å². The molecule has 182 valence electrons. The Balaban J connectivity index is 1.56. The minimum Gasteiger partial charge on any atom is -0.503 e. The highest BCUT2D eigenvalue weighted by atomic mass is 79.9. The van der Waals surface area contributed by atoms with Gasteiger partial charge in [-0.1, -0.05) is 22.0 Å². The van der Waals surface area contributed by atoms with Crippen molar-refractivity contribution in [2.24, 2.45) is 0 Å². The van der Waals surface area contributed by atoms with E-state index in [4.69, 9.17) is 18.6 Å². The Morgan fingerprint density at radius 1 is 1.06 bits per heavy atom. The molecular weight excluding hydrogens is 598 g/mol. The number of ether oxygens (including phenoxy) is 3. The van der Waals surface area contributed by atoms with E-state index in [1.165, 1.54) is 7.11 Å². The summed E-state index contributed by atoms with van der Waals surface area (Å²) in [7, 11) is 1.43. The normalized spacial score (nSPS) is 16.0. The third-order valence-electron chi connectivity index (χ3n) is 6.30. The maximum absolute atomic E-state index is 13.8. The molecule has 0 saturated heterocycles. The second-order valence-corrected chi connectivity index (χ2v) is 10.2. The second kappa shape index (κ2) is 8.56. The van der Waals surface area contributed by atoms with E-state index in [2.05, 4.69) is 31.9 Å². The molecule has 1 atom stereocenters. The largest absolute Gasteiger partial charge is 0.503 e. The fourth-order valence-corrected chi connectivity index (χ4v) is 5.47. The lowest BCUT2D eigenvalue weighted by atomic mass is 9.97. The molecule has 1 N–H and O–H groups in total. The number of fused-ring (bicyclic) bond motifs is 3. The number of methoxy groups -OCH3 is 1. The van der Waals surface area contributed by atoms with E-state index in [-0.39, 0.29) is 41.6 Å². The second-order valence-electron chi connectivity index (χ2n) is 8.39. The molecule has 1 amide bonds. The summed E-state index contributed by atoms with van der Waals surface area (Å²) < 4.78 is 23.3. The Morgan fingerprint density at radius 2 is 1.86 bits per heavy atom. The molecule has 0 spiro atoms. The molecule has 0 fully saturated rings. The molecule has 3 aromatic carbocycles. The average molecular weight is 615 g/mol. The minimum atomic E-state index is -0.789. The van der Waals surface area contributed by atoms with Gasteiger partial charge < -0.3 is 28.6 Å². The van der Waals surface area contributed by atoms with E-state index in [0.29, 0.717) is 32.5 Å². The van der Waals surface area contributed by atoms with Crippen molar-refractivity contribution in [3.05, 3.63) is 90.2 Å². The Bertz CT molecular complexity index is 1630. The number of carbonyl (C=O) groups is 1. The molecule has 0 saturated carbocycles. The summed E-state index contributed by atoms with van der Waals surface area (Å²) in [4.78, 5) is 29.1. The Hall–Kier alpha value is -3.50. The molecule has 2 aliphatic heterocycles. The van der Waals surface area contributed by atoms with Gasteiger partial charge in [-0.2, -0.15) is 0 Å². The van der Waals surface area contributed by atoms with Crippen LogP contribution in [0, 0.1) is 0 Å². The number of amides is 1. The van der Waals surface area contributed by atoms with Gasteiger partial charge in [0, 0.05) is 11.0 Å². The molecule has 10 heteroatoms. The van der Waals surface area contributed by atoms with Crippen LogP contribution in [-0.2, 0) is 6.54 Å². The number of phenolic OH excluding ortho intramolecular Hbond substituents is 1. The van der Waals surface area contributed by atoms with E-state index in [1.54, 1.807) is 41.3 Å². The highest BCUT2D eigenvalue weighted by Gasteiger charge is 2.43. The van der Waals surface area contributed by atoms with Crippen LogP contribution in [0.1, 0.15) is 33.3 Å². The van der Waals surface area contributed by atoms with Gasteiger partial charge in [0.15, 0.2) is 28.4 Å². The maximum atomic E-state index is 13.8. The fourth-order valence-electron chi connectivity index (χ4n) is 4.65. The van der Waals surface area contributed by atoms with Crippen LogP contribution in [0.3, 0.4) is 0 Å². The van der Waals surface area contributed by atoms with Crippen LogP contribution in [0.15, 0.2) is 66.7 Å². The Labute approximate surface area is 221 Å². The molecule has 6 rings (SSSR count). The standard InChI is InChI=1S/C26H17Br2NO7/c1-33-20-8-13(7-16(28)24(20)31)22-21-23(30)15-9-14(27)3-5-17(15)36-25(21)26(32)29(22)10-12-2-4-18-19(6-12)35-11-34-18/h2-9,22,31H,10-11H2,1H3. The molecule has 2 aliphatic rings. The summed E-state index contributed by atoms with van der Waals surface area (Å²) in [6.45, 7) is 0.308. The van der Waals surface area contributed by atoms with Crippen molar-refractivity contribution in [1.29, 1.82) is 0 Å². The molecule has 0 radical (unpaired) electrons. The number of halogens is 2. The molecule has 1 unspecified atom stereocenters. The van der Waals surface area contributed by atoms with Gasteiger partial charge >= 0.3 is 0 Å². The first-order valence-electron chi connectivity index (χ1n) is 10.9. The monoisotopic (exact) mass is 613 g/mol. The third kappa shape index (κ3) is 3.55. The first-order valence-corrected chi connectivity index (χ1v) is 12.5. The molecular formula is C26H17Br2NO7. The lowest BCUT2D eigenvalue weighted by Gasteiger charge is -2.26. The number of carbonyl (C=O) groups excluding carboxylic acids is 1. The number of rotatable bonds is 4. The Morgan fingerprint density at radius 3 is 2.67 bits per heavy atom. The SMILES string of the molecule is COc1cc(C2c3c(oc4ccc(Br)cc4c3=O)C(=O)N2Cc2ccc3c(c2)OCO3)cc(Br)c1O. The van der Waals surface area contributed by atoms with Gasteiger partial charge in [-0.05, 0) is 69.5 Å². The molecule has 1 aromatic heterocycles. The van der Waals surface area contributed by atoms with Gasteiger partial charge in [0.1, 0.15) is 5.58 Å². The van der Waals surface area contributed by atoms with E-state index < -0.39 is 11.9 Å². The van der Waals surface area contributed by atoms with E-state index >= 15 is 0 Å². The quantitative estimate of drug-likeness (QED) is 0.324. The first-order chi connectivity index (χ1) is 17.4. The van der Waals surface area contributed by atoms with Crippen molar-refractivity contribution in [2.75, 3.05) is 13.9 Å². The van der Waals surface area contributed by atoms with Crippen molar-refractivity contribution in [3.8, 4) is 23.0 Å². The maximum Gasteiger partial charge on any atom is 0.291 e. The zero-order valence-corrected chi connectivity index (χ0v) is 21.9.